The Kier molecular flexibility index (Phi) is 7.69. The fourth-order valence-corrected chi connectivity index (χ4v) is 4.57. The lowest BCUT2D eigenvalue weighted by Crippen LogP contribution is -2.46. The van der Waals surface area contributed by atoms with E-state index in [4.69, 9.17) is 13.3 Å². The van der Waals surface area contributed by atoms with E-state index in [0.717, 1.165) is 5.56 Å². The van der Waals surface area contributed by atoms with E-state index in [1.165, 1.54) is 0 Å². The van der Waals surface area contributed by atoms with Crippen LogP contribution in [0.5, 0.6) is 0 Å². The summed E-state index contributed by atoms with van der Waals surface area (Å²) in [6.45, 7) is 7.35. The lowest BCUT2D eigenvalue weighted by Gasteiger charge is -2.28. The molecule has 0 aliphatic carbocycles. The van der Waals surface area contributed by atoms with Gasteiger partial charge in [0, 0.05) is 37.8 Å². The minimum absolute atomic E-state index is 0.0987. The molecule has 20 heavy (non-hydrogen) atoms. The molecule has 0 unspecified atom stereocenters. The second kappa shape index (κ2) is 9.02. The van der Waals surface area contributed by atoms with E-state index in [2.05, 4.69) is 0 Å². The molecular weight excluding hydrogens is 272 g/mol. The van der Waals surface area contributed by atoms with Crippen molar-refractivity contribution >= 4 is 14.6 Å². The molecule has 0 N–H and O–H groups in total. The lowest BCUT2D eigenvalue weighted by molar-refractivity contribution is 0.0688. The fourth-order valence-electron chi connectivity index (χ4n) is 2.04. The number of carbonyl (C=O) groups excluding carboxylic acids is 1. The van der Waals surface area contributed by atoms with E-state index in [1.807, 2.05) is 51.1 Å². The summed E-state index contributed by atoms with van der Waals surface area (Å²) < 4.78 is 17.2. The summed E-state index contributed by atoms with van der Waals surface area (Å²) in [6, 6.07) is 9.81. The van der Waals surface area contributed by atoms with Crippen molar-refractivity contribution in [3.63, 3.8) is 0 Å². The second-order valence-electron chi connectivity index (χ2n) is 4.27. The Balaban J connectivity index is 2.67. The Bertz CT molecular complexity index is 377. The van der Waals surface area contributed by atoms with Gasteiger partial charge in [-0.3, -0.25) is 4.79 Å². The molecule has 5 heteroatoms. The average Bonchev–Trinajstić information content (AvgIpc) is 2.46. The van der Waals surface area contributed by atoms with Gasteiger partial charge in [0.05, 0.1) is 0 Å². The van der Waals surface area contributed by atoms with Crippen molar-refractivity contribution in [2.75, 3.05) is 19.8 Å². The van der Waals surface area contributed by atoms with Gasteiger partial charge >= 0.3 is 8.80 Å². The van der Waals surface area contributed by atoms with E-state index in [-0.39, 0.29) is 5.78 Å². The molecule has 0 atom stereocenters. The van der Waals surface area contributed by atoms with Crippen molar-refractivity contribution in [2.24, 2.45) is 0 Å². The smallest absolute Gasteiger partial charge is 0.374 e. The van der Waals surface area contributed by atoms with Gasteiger partial charge in [-0.2, -0.15) is 0 Å². The molecule has 1 aromatic carbocycles. The minimum atomic E-state index is -2.71. The first kappa shape index (κ1) is 17.0. The maximum Gasteiger partial charge on any atom is 0.501 e. The summed E-state index contributed by atoms with van der Waals surface area (Å²) in [6.07, 6.45) is 0.385. The Morgan fingerprint density at radius 3 is 1.90 bits per heavy atom. The number of carbonyl (C=O) groups is 1. The highest BCUT2D eigenvalue weighted by molar-refractivity contribution is 6.61. The molecule has 0 radical (unpaired) electrons. The molecule has 1 aromatic rings. The van der Waals surface area contributed by atoms with Gasteiger partial charge in [0.25, 0.3) is 0 Å². The highest BCUT2D eigenvalue weighted by atomic mass is 28.4. The molecule has 0 fully saturated rings. The molecule has 1 rings (SSSR count). The van der Waals surface area contributed by atoms with E-state index < -0.39 is 8.80 Å². The Labute approximate surface area is 122 Å². The van der Waals surface area contributed by atoms with Gasteiger partial charge in [-0.25, -0.2) is 0 Å². The second-order valence-corrected chi connectivity index (χ2v) is 7.00. The fraction of sp³-hybridized carbons (Fsp3) is 0.533. The van der Waals surface area contributed by atoms with Gasteiger partial charge in [0.2, 0.25) is 0 Å². The van der Waals surface area contributed by atoms with Crippen molar-refractivity contribution in [1.29, 1.82) is 0 Å². The monoisotopic (exact) mass is 296 g/mol. The van der Waals surface area contributed by atoms with E-state index in [1.54, 1.807) is 0 Å². The lowest BCUT2D eigenvalue weighted by atomic mass is 10.1. The molecular formula is C15H24O4Si. The van der Waals surface area contributed by atoms with Crippen LogP contribution in [0.4, 0.5) is 0 Å². The predicted molar refractivity (Wildman–Crippen MR) is 80.8 cm³/mol. The standard InChI is InChI=1S/C15H24O4Si/c1-4-17-20(18-5-2,19-6-3)13-12-15(16)14-10-8-7-9-11-14/h7-11H,4-6,12-13H2,1-3H3. The van der Waals surface area contributed by atoms with Crippen molar-refractivity contribution < 1.29 is 18.1 Å². The Morgan fingerprint density at radius 2 is 1.45 bits per heavy atom. The van der Waals surface area contributed by atoms with Gasteiger partial charge in [-0.15, -0.1) is 0 Å². The summed E-state index contributed by atoms with van der Waals surface area (Å²) in [4.78, 5) is 12.2. The highest BCUT2D eigenvalue weighted by Crippen LogP contribution is 2.20. The van der Waals surface area contributed by atoms with E-state index in [9.17, 15) is 4.79 Å². The molecule has 0 bridgehead atoms. The number of benzene rings is 1. The molecule has 0 aliphatic heterocycles. The molecule has 0 aliphatic rings. The van der Waals surface area contributed by atoms with Crippen molar-refractivity contribution in [3.05, 3.63) is 35.9 Å². The van der Waals surface area contributed by atoms with Crippen molar-refractivity contribution in [3.8, 4) is 0 Å². The van der Waals surface area contributed by atoms with Gasteiger partial charge in [0.1, 0.15) is 0 Å². The van der Waals surface area contributed by atoms with Crippen LogP contribution in [0, 0.1) is 0 Å². The maximum absolute atomic E-state index is 12.2. The van der Waals surface area contributed by atoms with Crippen LogP contribution < -0.4 is 0 Å². The summed E-state index contributed by atoms with van der Waals surface area (Å²) >= 11 is 0. The quantitative estimate of drug-likeness (QED) is 0.491. The van der Waals surface area contributed by atoms with Gasteiger partial charge in [-0.05, 0) is 20.8 Å². The Morgan fingerprint density at radius 1 is 0.950 bits per heavy atom. The van der Waals surface area contributed by atoms with Crippen LogP contribution in [-0.2, 0) is 13.3 Å². The molecule has 0 spiro atoms. The summed E-state index contributed by atoms with van der Waals surface area (Å²) in [5.74, 6) is 0.0987. The first-order valence-electron chi connectivity index (χ1n) is 7.17. The van der Waals surface area contributed by atoms with E-state index >= 15 is 0 Å². The number of hydrogen-bond acceptors (Lipinski definition) is 4. The molecule has 4 nitrogen and oxygen atoms in total. The highest BCUT2D eigenvalue weighted by Gasteiger charge is 2.40. The molecule has 0 amide bonds. The zero-order valence-corrected chi connectivity index (χ0v) is 13.6. The third kappa shape index (κ3) is 5.17. The van der Waals surface area contributed by atoms with Crippen LogP contribution in [0.3, 0.4) is 0 Å². The zero-order valence-electron chi connectivity index (χ0n) is 12.6. The van der Waals surface area contributed by atoms with Crippen LogP contribution in [-0.4, -0.2) is 34.4 Å². The predicted octanol–water partition coefficient (Wildman–Crippen LogP) is 3.31. The summed E-state index contributed by atoms with van der Waals surface area (Å²) in [7, 11) is -2.71. The molecule has 112 valence electrons. The van der Waals surface area contributed by atoms with Gasteiger partial charge in [-0.1, -0.05) is 30.3 Å². The first-order valence-corrected chi connectivity index (χ1v) is 9.10. The van der Waals surface area contributed by atoms with Crippen molar-refractivity contribution in [1.82, 2.24) is 0 Å². The number of rotatable bonds is 10. The number of hydrogen-bond donors (Lipinski definition) is 0. The zero-order chi connectivity index (χ0) is 14.8. The summed E-state index contributed by atoms with van der Waals surface area (Å²) in [5, 5.41) is 0. The third-order valence-electron chi connectivity index (χ3n) is 2.85. The van der Waals surface area contributed by atoms with Gasteiger partial charge in [0.15, 0.2) is 5.78 Å². The SMILES string of the molecule is CCO[Si](CCC(=O)c1ccccc1)(OCC)OCC. The number of ketones is 1. The average molecular weight is 296 g/mol. The minimum Gasteiger partial charge on any atom is -0.374 e. The molecule has 0 heterocycles. The normalized spacial score (nSPS) is 11.6. The topological polar surface area (TPSA) is 44.8 Å². The van der Waals surface area contributed by atoms with Crippen LogP contribution in [0.25, 0.3) is 0 Å². The van der Waals surface area contributed by atoms with Crippen LogP contribution >= 0.6 is 0 Å². The maximum atomic E-state index is 12.2. The summed E-state index contributed by atoms with van der Waals surface area (Å²) in [5.41, 5.74) is 0.722. The largest absolute Gasteiger partial charge is 0.501 e. The first-order chi connectivity index (χ1) is 9.67. The van der Waals surface area contributed by atoms with Crippen molar-refractivity contribution in [2.45, 2.75) is 33.2 Å². The Hall–Kier alpha value is -1.01. The van der Waals surface area contributed by atoms with Crippen LogP contribution in [0.1, 0.15) is 37.6 Å². The van der Waals surface area contributed by atoms with Crippen LogP contribution in [0.15, 0.2) is 30.3 Å². The molecule has 0 aromatic heterocycles. The molecule has 0 saturated heterocycles. The third-order valence-corrected chi connectivity index (χ3v) is 5.89. The van der Waals surface area contributed by atoms with Crippen LogP contribution in [0.2, 0.25) is 6.04 Å². The van der Waals surface area contributed by atoms with E-state index in [0.29, 0.717) is 32.3 Å². The van der Waals surface area contributed by atoms with Gasteiger partial charge < -0.3 is 13.3 Å². The number of Topliss-reactive ketones (excluding diaryl/α,β-unsaturated/α-hetero) is 1. The molecule has 0 saturated carbocycles.